The number of amides is 1. The van der Waals surface area contributed by atoms with Gasteiger partial charge in [0.2, 0.25) is 0 Å². The highest BCUT2D eigenvalue weighted by molar-refractivity contribution is 6.31. The first kappa shape index (κ1) is 28.9. The molecular formula is C29H35ClF3N3O4. The normalized spacial score (nSPS) is 30.0. The summed E-state index contributed by atoms with van der Waals surface area (Å²) in [6, 6.07) is 5.68. The summed E-state index contributed by atoms with van der Waals surface area (Å²) in [4.78, 5) is 27.0. The van der Waals surface area contributed by atoms with E-state index in [9.17, 15) is 33.0 Å². The number of aromatic nitrogens is 2. The van der Waals surface area contributed by atoms with Crippen molar-refractivity contribution in [2.45, 2.75) is 83.7 Å². The van der Waals surface area contributed by atoms with Crippen LogP contribution in [0.1, 0.15) is 93.1 Å². The van der Waals surface area contributed by atoms with Crippen molar-refractivity contribution in [2.75, 3.05) is 6.54 Å². The van der Waals surface area contributed by atoms with E-state index in [0.717, 1.165) is 10.9 Å². The van der Waals surface area contributed by atoms with Crippen molar-refractivity contribution in [3.05, 3.63) is 52.3 Å². The molecule has 1 aromatic carbocycles. The quantitative estimate of drug-likeness (QED) is 0.396. The van der Waals surface area contributed by atoms with Gasteiger partial charge in [0.1, 0.15) is 0 Å². The van der Waals surface area contributed by atoms with Crippen LogP contribution in [0.25, 0.3) is 0 Å². The van der Waals surface area contributed by atoms with Gasteiger partial charge in [0.05, 0.1) is 35.9 Å². The van der Waals surface area contributed by atoms with Crippen LogP contribution in [-0.4, -0.2) is 49.4 Å². The average molecular weight is 582 g/mol. The maximum atomic E-state index is 14.5. The highest BCUT2D eigenvalue weighted by Crippen LogP contribution is 2.67. The third-order valence-corrected chi connectivity index (χ3v) is 10.2. The zero-order valence-electron chi connectivity index (χ0n) is 22.8. The van der Waals surface area contributed by atoms with E-state index >= 15 is 0 Å². The van der Waals surface area contributed by atoms with E-state index in [2.05, 4.69) is 18.9 Å². The van der Waals surface area contributed by atoms with Crippen LogP contribution in [0.2, 0.25) is 5.02 Å². The maximum Gasteiger partial charge on any atom is 0.433 e. The van der Waals surface area contributed by atoms with Gasteiger partial charge in [0, 0.05) is 16.6 Å². The van der Waals surface area contributed by atoms with Gasteiger partial charge in [-0.25, -0.2) is 0 Å². The van der Waals surface area contributed by atoms with Crippen molar-refractivity contribution in [2.24, 2.45) is 22.7 Å². The highest BCUT2D eigenvalue weighted by atomic mass is 35.5. The molecule has 1 amide bonds. The van der Waals surface area contributed by atoms with Gasteiger partial charge in [0.25, 0.3) is 5.91 Å². The van der Waals surface area contributed by atoms with E-state index < -0.39 is 46.9 Å². The first-order chi connectivity index (χ1) is 18.6. The molecule has 11 heteroatoms. The van der Waals surface area contributed by atoms with Crippen LogP contribution in [0.4, 0.5) is 13.2 Å². The Kier molecular flexibility index (Phi) is 7.26. The largest absolute Gasteiger partial charge is 0.481 e. The number of nitrogens with zero attached hydrogens (tertiary/aromatic N) is 3. The lowest BCUT2D eigenvalue weighted by atomic mass is 9.74. The molecule has 0 saturated heterocycles. The minimum atomic E-state index is -4.86. The van der Waals surface area contributed by atoms with Crippen LogP contribution in [-0.2, 0) is 11.0 Å². The molecule has 7 nitrogen and oxygen atoms in total. The molecule has 1 aromatic heterocycles. The Bertz CT molecular complexity index is 1290. The minimum absolute atomic E-state index is 0.139. The SMILES string of the molecule is CC1(C)[C@@H]2C[C@H](N(C[C@@H](O)c3ccccc3Cl)C(=O)c3cnn([C@H]4CC[C@](C)(C(=O)O)CC4)c3C(F)(F)F)C[C@@H]21. The summed E-state index contributed by atoms with van der Waals surface area (Å²) < 4.78 is 44.5. The second-order valence-corrected chi connectivity index (χ2v) is 13.0. The monoisotopic (exact) mass is 581 g/mol. The van der Waals surface area contributed by atoms with Crippen molar-refractivity contribution in [1.82, 2.24) is 14.7 Å². The average Bonchev–Trinajstić information content (AvgIpc) is 3.31. The summed E-state index contributed by atoms with van der Waals surface area (Å²) in [6.45, 7) is 5.73. The number of carbonyl (C=O) groups is 2. The first-order valence-corrected chi connectivity index (χ1v) is 14.1. The molecule has 2 N–H and O–H groups in total. The topological polar surface area (TPSA) is 95.7 Å². The van der Waals surface area contributed by atoms with Crippen LogP contribution >= 0.6 is 11.6 Å². The number of alkyl halides is 3. The zero-order valence-corrected chi connectivity index (χ0v) is 23.5. The lowest BCUT2D eigenvalue weighted by molar-refractivity contribution is -0.152. The number of carboxylic acid groups (broad SMARTS) is 1. The first-order valence-electron chi connectivity index (χ1n) is 13.8. The van der Waals surface area contributed by atoms with E-state index in [0.29, 0.717) is 35.3 Å². The summed E-state index contributed by atoms with van der Waals surface area (Å²) in [5, 5.41) is 25.0. The van der Waals surface area contributed by atoms with Gasteiger partial charge in [-0.05, 0) is 68.8 Å². The fraction of sp³-hybridized carbons (Fsp3) is 0.621. The Morgan fingerprint density at radius 2 is 1.75 bits per heavy atom. The fourth-order valence-corrected chi connectivity index (χ4v) is 7.35. The van der Waals surface area contributed by atoms with Crippen LogP contribution < -0.4 is 0 Å². The van der Waals surface area contributed by atoms with E-state index in [1.165, 1.54) is 4.90 Å². The smallest absolute Gasteiger partial charge is 0.433 e. The number of fused-ring (bicyclic) bond motifs is 1. The van der Waals surface area contributed by atoms with Gasteiger partial charge in [-0.3, -0.25) is 14.3 Å². The Balaban J connectivity index is 1.46. The van der Waals surface area contributed by atoms with Gasteiger partial charge in [0.15, 0.2) is 5.69 Å². The third kappa shape index (κ3) is 5.02. The number of carboxylic acids is 1. The number of rotatable bonds is 7. The summed E-state index contributed by atoms with van der Waals surface area (Å²) in [5.74, 6) is -1.04. The molecule has 4 atom stereocenters. The summed E-state index contributed by atoms with van der Waals surface area (Å²) in [7, 11) is 0. The van der Waals surface area contributed by atoms with E-state index in [1.54, 1.807) is 31.2 Å². The van der Waals surface area contributed by atoms with Gasteiger partial charge in [-0.2, -0.15) is 18.3 Å². The van der Waals surface area contributed by atoms with Crippen molar-refractivity contribution >= 4 is 23.5 Å². The van der Waals surface area contributed by atoms with Crippen molar-refractivity contribution in [3.8, 4) is 0 Å². The number of hydrogen-bond acceptors (Lipinski definition) is 4. The summed E-state index contributed by atoms with van der Waals surface area (Å²) >= 11 is 6.28. The van der Waals surface area contributed by atoms with Crippen molar-refractivity contribution < 1.29 is 33.0 Å². The number of aliphatic hydroxyl groups is 1. The second kappa shape index (κ2) is 10.0. The number of hydrogen-bond donors (Lipinski definition) is 2. The molecule has 0 aliphatic heterocycles. The van der Waals surface area contributed by atoms with Gasteiger partial charge in [-0.15, -0.1) is 0 Å². The Morgan fingerprint density at radius 3 is 2.30 bits per heavy atom. The predicted octanol–water partition coefficient (Wildman–Crippen LogP) is 6.37. The van der Waals surface area contributed by atoms with Crippen molar-refractivity contribution in [1.29, 1.82) is 0 Å². The Morgan fingerprint density at radius 1 is 1.15 bits per heavy atom. The van der Waals surface area contributed by atoms with Gasteiger partial charge >= 0.3 is 12.1 Å². The molecule has 3 fully saturated rings. The Hall–Kier alpha value is -2.59. The van der Waals surface area contributed by atoms with E-state index in [-0.39, 0.29) is 43.7 Å². The molecule has 0 unspecified atom stereocenters. The molecule has 0 radical (unpaired) electrons. The molecule has 3 aliphatic rings. The molecule has 1 heterocycles. The van der Waals surface area contributed by atoms with Crippen LogP contribution in [0.3, 0.4) is 0 Å². The molecule has 0 bridgehead atoms. The summed E-state index contributed by atoms with van der Waals surface area (Å²) in [5.41, 5.74) is -2.13. The van der Waals surface area contributed by atoms with E-state index in [1.807, 2.05) is 0 Å². The number of aliphatic hydroxyl groups excluding tert-OH is 1. The van der Waals surface area contributed by atoms with Gasteiger partial charge < -0.3 is 15.1 Å². The number of benzene rings is 1. The molecule has 3 aliphatic carbocycles. The molecule has 218 valence electrons. The molecular weight excluding hydrogens is 547 g/mol. The molecule has 3 saturated carbocycles. The second-order valence-electron chi connectivity index (χ2n) is 12.6. The molecule has 5 rings (SSSR count). The number of halogens is 4. The Labute approximate surface area is 236 Å². The molecule has 0 spiro atoms. The maximum absolute atomic E-state index is 14.5. The third-order valence-electron chi connectivity index (χ3n) is 9.89. The predicted molar refractivity (Wildman–Crippen MR) is 142 cm³/mol. The van der Waals surface area contributed by atoms with Gasteiger partial charge in [-0.1, -0.05) is 43.6 Å². The number of carbonyl (C=O) groups excluding carboxylic acids is 1. The number of aliphatic carboxylic acids is 1. The van der Waals surface area contributed by atoms with Crippen LogP contribution in [0.15, 0.2) is 30.5 Å². The summed E-state index contributed by atoms with van der Waals surface area (Å²) in [6.07, 6.45) is -2.91. The molecule has 2 aromatic rings. The lowest BCUT2D eigenvalue weighted by Crippen LogP contribution is -2.43. The zero-order chi connectivity index (χ0) is 29.2. The highest BCUT2D eigenvalue weighted by Gasteiger charge is 2.63. The lowest BCUT2D eigenvalue weighted by Gasteiger charge is -2.35. The van der Waals surface area contributed by atoms with Crippen LogP contribution in [0.5, 0.6) is 0 Å². The van der Waals surface area contributed by atoms with Crippen molar-refractivity contribution in [3.63, 3.8) is 0 Å². The molecule has 40 heavy (non-hydrogen) atoms. The standard InChI is InChI=1S/C29H35ClF3N3O4/c1-27(2)20-12-17(13-21(20)27)35(15-23(37)18-6-4-5-7-22(18)30)25(38)19-14-34-36(24(19)29(31,32)33)16-8-10-28(3,11-9-16)26(39)40/h4-7,14,16-17,20-21,23,37H,8-13,15H2,1-3H3,(H,39,40)/t16-,17-,20+,21-,23-,28-/m1/s1. The van der Waals surface area contributed by atoms with Crippen LogP contribution in [0, 0.1) is 22.7 Å². The minimum Gasteiger partial charge on any atom is -0.481 e. The van der Waals surface area contributed by atoms with E-state index in [4.69, 9.17) is 11.6 Å². The fourth-order valence-electron chi connectivity index (χ4n) is 7.09.